The van der Waals surface area contributed by atoms with Gasteiger partial charge in [0, 0.05) is 36.9 Å². The van der Waals surface area contributed by atoms with Crippen molar-refractivity contribution in [1.29, 1.82) is 0 Å². The molecule has 1 heterocycles. The summed E-state index contributed by atoms with van der Waals surface area (Å²) in [6.07, 6.45) is 1.60. The number of halogens is 1. The number of pyridine rings is 1. The van der Waals surface area contributed by atoms with Gasteiger partial charge in [-0.05, 0) is 23.6 Å². The van der Waals surface area contributed by atoms with Gasteiger partial charge in [0.1, 0.15) is 0 Å². The molecule has 0 aliphatic carbocycles. The summed E-state index contributed by atoms with van der Waals surface area (Å²) >= 11 is 6.31. The molecule has 1 aromatic carbocycles. The lowest BCUT2D eigenvalue weighted by molar-refractivity contribution is 0.0687. The van der Waals surface area contributed by atoms with Gasteiger partial charge in [-0.25, -0.2) is 0 Å². The molecular weight excluding hydrogens is 312 g/mol. The molecule has 0 spiro atoms. The summed E-state index contributed by atoms with van der Waals surface area (Å²) in [5, 5.41) is 0.634. The maximum absolute atomic E-state index is 12.8. The molecule has 2 aromatic rings. The summed E-state index contributed by atoms with van der Waals surface area (Å²) in [5.74, 6) is -0.0169. The van der Waals surface area contributed by atoms with Crippen LogP contribution in [0.1, 0.15) is 35.8 Å². The van der Waals surface area contributed by atoms with Gasteiger partial charge in [-0.15, -0.1) is 0 Å². The van der Waals surface area contributed by atoms with E-state index in [-0.39, 0.29) is 23.4 Å². The van der Waals surface area contributed by atoms with E-state index >= 15 is 0 Å². The van der Waals surface area contributed by atoms with Gasteiger partial charge in [-0.2, -0.15) is 0 Å². The van der Waals surface area contributed by atoms with E-state index in [1.165, 1.54) is 10.6 Å². The van der Waals surface area contributed by atoms with Gasteiger partial charge in [-0.3, -0.25) is 9.59 Å². The van der Waals surface area contributed by atoms with Gasteiger partial charge in [0.2, 0.25) is 0 Å². The van der Waals surface area contributed by atoms with Crippen molar-refractivity contribution in [2.24, 2.45) is 13.0 Å². The van der Waals surface area contributed by atoms with Crippen LogP contribution in [-0.4, -0.2) is 22.4 Å². The predicted molar refractivity (Wildman–Crippen MR) is 92.8 cm³/mol. The maximum Gasteiger partial charge on any atom is 0.254 e. The molecule has 0 aliphatic rings. The smallest absolute Gasteiger partial charge is 0.254 e. The fraction of sp³-hybridized carbons (Fsp3) is 0.333. The third-order valence-corrected chi connectivity index (χ3v) is 4.29. The first kappa shape index (κ1) is 17.3. The Kier molecular flexibility index (Phi) is 5.26. The highest BCUT2D eigenvalue weighted by molar-refractivity contribution is 6.31. The quantitative estimate of drug-likeness (QED) is 0.859. The van der Waals surface area contributed by atoms with Gasteiger partial charge < -0.3 is 9.47 Å². The number of hydrogen-bond acceptors (Lipinski definition) is 2. The van der Waals surface area contributed by atoms with Crippen LogP contribution in [0.25, 0.3) is 0 Å². The normalized spacial score (nSPS) is 12.3. The average Bonchev–Trinajstić information content (AvgIpc) is 2.51. The molecule has 0 saturated heterocycles. The van der Waals surface area contributed by atoms with Crippen molar-refractivity contribution < 1.29 is 4.79 Å². The van der Waals surface area contributed by atoms with Gasteiger partial charge in [-0.1, -0.05) is 43.6 Å². The molecular formula is C18H21ClN2O2. The van der Waals surface area contributed by atoms with E-state index in [1.807, 2.05) is 38.1 Å². The zero-order valence-corrected chi connectivity index (χ0v) is 14.5. The molecule has 1 aromatic heterocycles. The van der Waals surface area contributed by atoms with E-state index in [0.29, 0.717) is 10.6 Å². The fourth-order valence-corrected chi connectivity index (χ4v) is 2.99. The third-order valence-electron chi connectivity index (χ3n) is 3.94. The average molecular weight is 333 g/mol. The maximum atomic E-state index is 12.8. The van der Waals surface area contributed by atoms with Crippen LogP contribution in [0.3, 0.4) is 0 Å². The molecule has 5 heteroatoms. The molecule has 0 fully saturated rings. The highest BCUT2D eigenvalue weighted by Gasteiger charge is 2.27. The van der Waals surface area contributed by atoms with Crippen LogP contribution in [0, 0.1) is 5.92 Å². The van der Waals surface area contributed by atoms with Crippen molar-refractivity contribution in [2.75, 3.05) is 7.05 Å². The van der Waals surface area contributed by atoms with E-state index in [9.17, 15) is 9.59 Å². The van der Waals surface area contributed by atoms with E-state index < -0.39 is 0 Å². The van der Waals surface area contributed by atoms with Crippen molar-refractivity contribution in [3.05, 3.63) is 69.1 Å². The minimum absolute atomic E-state index is 0.166. The highest BCUT2D eigenvalue weighted by atomic mass is 35.5. The first-order valence-corrected chi connectivity index (χ1v) is 7.89. The second-order valence-electron chi connectivity index (χ2n) is 5.99. The molecule has 0 radical (unpaired) electrons. The topological polar surface area (TPSA) is 42.3 Å². The number of rotatable bonds is 4. The molecule has 1 amide bonds. The standard InChI is InChI=1S/C18H21ClN2O2/c1-12(2)17(14-7-5-6-8-15(14)19)21(4)18(23)13-9-10-20(3)16(22)11-13/h5-12,17H,1-4H3/t17-/m1/s1. The Morgan fingerprint density at radius 2 is 1.87 bits per heavy atom. The summed E-state index contributed by atoms with van der Waals surface area (Å²) in [4.78, 5) is 26.2. The van der Waals surface area contributed by atoms with Crippen LogP contribution < -0.4 is 5.56 Å². The lowest BCUT2D eigenvalue weighted by Gasteiger charge is -2.32. The van der Waals surface area contributed by atoms with Crippen LogP contribution in [-0.2, 0) is 7.05 Å². The summed E-state index contributed by atoms with van der Waals surface area (Å²) in [7, 11) is 3.40. The predicted octanol–water partition coefficient (Wildman–Crippen LogP) is 3.51. The Morgan fingerprint density at radius 1 is 1.22 bits per heavy atom. The second-order valence-corrected chi connectivity index (χ2v) is 6.40. The number of carbonyl (C=O) groups is 1. The molecule has 0 unspecified atom stereocenters. The minimum atomic E-state index is -0.205. The van der Waals surface area contributed by atoms with E-state index in [0.717, 1.165) is 5.56 Å². The molecule has 2 rings (SSSR count). The molecule has 122 valence electrons. The van der Waals surface area contributed by atoms with Crippen LogP contribution >= 0.6 is 11.6 Å². The lowest BCUT2D eigenvalue weighted by Crippen LogP contribution is -2.35. The van der Waals surface area contributed by atoms with Crippen molar-refractivity contribution in [3.8, 4) is 0 Å². The van der Waals surface area contributed by atoms with Crippen LogP contribution in [0.5, 0.6) is 0 Å². The Labute approximate surface area is 141 Å². The van der Waals surface area contributed by atoms with Gasteiger partial charge >= 0.3 is 0 Å². The van der Waals surface area contributed by atoms with E-state index in [1.54, 1.807) is 31.3 Å². The monoisotopic (exact) mass is 332 g/mol. The number of aryl methyl sites for hydroxylation is 1. The number of benzene rings is 1. The van der Waals surface area contributed by atoms with Crippen LogP contribution in [0.2, 0.25) is 5.02 Å². The van der Waals surface area contributed by atoms with Crippen molar-refractivity contribution in [3.63, 3.8) is 0 Å². The molecule has 0 saturated carbocycles. The summed E-state index contributed by atoms with van der Waals surface area (Å²) in [6, 6.07) is 10.4. The zero-order chi connectivity index (χ0) is 17.1. The van der Waals surface area contributed by atoms with Crippen LogP contribution in [0.4, 0.5) is 0 Å². The summed E-state index contributed by atoms with van der Waals surface area (Å²) in [6.45, 7) is 4.09. The fourth-order valence-electron chi connectivity index (χ4n) is 2.74. The summed E-state index contributed by atoms with van der Waals surface area (Å²) < 4.78 is 1.44. The minimum Gasteiger partial charge on any atom is -0.334 e. The Morgan fingerprint density at radius 3 is 2.43 bits per heavy atom. The lowest BCUT2D eigenvalue weighted by atomic mass is 9.94. The zero-order valence-electron chi connectivity index (χ0n) is 13.8. The van der Waals surface area contributed by atoms with Gasteiger partial charge in [0.15, 0.2) is 0 Å². The molecule has 0 bridgehead atoms. The van der Waals surface area contributed by atoms with E-state index in [2.05, 4.69) is 0 Å². The number of aromatic nitrogens is 1. The molecule has 1 atom stereocenters. The number of carbonyl (C=O) groups excluding carboxylic acids is 1. The summed E-state index contributed by atoms with van der Waals surface area (Å²) in [5.41, 5.74) is 1.08. The number of hydrogen-bond donors (Lipinski definition) is 0. The van der Waals surface area contributed by atoms with Crippen molar-refractivity contribution >= 4 is 17.5 Å². The second kappa shape index (κ2) is 7.01. The first-order chi connectivity index (χ1) is 10.8. The van der Waals surface area contributed by atoms with E-state index in [4.69, 9.17) is 11.6 Å². The van der Waals surface area contributed by atoms with Crippen LogP contribution in [0.15, 0.2) is 47.4 Å². The molecule has 0 N–H and O–H groups in total. The highest BCUT2D eigenvalue weighted by Crippen LogP contribution is 2.33. The van der Waals surface area contributed by atoms with Crippen molar-refractivity contribution in [2.45, 2.75) is 19.9 Å². The molecule has 4 nitrogen and oxygen atoms in total. The number of amides is 1. The van der Waals surface area contributed by atoms with Gasteiger partial charge in [0.25, 0.3) is 11.5 Å². The Hall–Kier alpha value is -2.07. The third kappa shape index (κ3) is 3.64. The Bertz CT molecular complexity index is 768. The molecule has 0 aliphatic heterocycles. The first-order valence-electron chi connectivity index (χ1n) is 7.51. The SMILES string of the molecule is CC(C)[C@H](c1ccccc1Cl)N(C)C(=O)c1ccn(C)c(=O)c1. The van der Waals surface area contributed by atoms with Gasteiger partial charge in [0.05, 0.1) is 6.04 Å². The number of nitrogens with zero attached hydrogens (tertiary/aromatic N) is 2. The largest absolute Gasteiger partial charge is 0.334 e. The Balaban J connectivity index is 2.40. The molecule has 23 heavy (non-hydrogen) atoms. The van der Waals surface area contributed by atoms with Crippen molar-refractivity contribution in [1.82, 2.24) is 9.47 Å².